The van der Waals surface area contributed by atoms with Gasteiger partial charge in [0, 0.05) is 17.9 Å². The van der Waals surface area contributed by atoms with Crippen molar-refractivity contribution in [3.8, 4) is 17.2 Å². The number of amides is 1. The highest BCUT2D eigenvalue weighted by Gasteiger charge is 2.55. The molecule has 1 saturated carbocycles. The third-order valence-electron chi connectivity index (χ3n) is 7.63. The van der Waals surface area contributed by atoms with Gasteiger partial charge in [0.25, 0.3) is 0 Å². The Kier molecular flexibility index (Phi) is 6.20. The first kappa shape index (κ1) is 23.9. The molecular formula is C30H30FNO4. The van der Waals surface area contributed by atoms with Crippen molar-refractivity contribution in [1.29, 1.82) is 0 Å². The fourth-order valence-corrected chi connectivity index (χ4v) is 5.69. The van der Waals surface area contributed by atoms with Crippen LogP contribution in [0.4, 0.5) is 4.39 Å². The zero-order valence-corrected chi connectivity index (χ0v) is 20.7. The fourth-order valence-electron chi connectivity index (χ4n) is 5.69. The van der Waals surface area contributed by atoms with Crippen molar-refractivity contribution in [2.24, 2.45) is 0 Å². The van der Waals surface area contributed by atoms with Crippen LogP contribution in [-0.2, 0) is 16.8 Å². The number of ether oxygens (including phenoxy) is 2. The number of rotatable bonds is 8. The molecule has 5 nitrogen and oxygen atoms in total. The summed E-state index contributed by atoms with van der Waals surface area (Å²) < 4.78 is 25.2. The third kappa shape index (κ3) is 4.11. The van der Waals surface area contributed by atoms with Gasteiger partial charge in [0.2, 0.25) is 11.7 Å². The van der Waals surface area contributed by atoms with E-state index in [0.29, 0.717) is 18.0 Å². The van der Waals surface area contributed by atoms with Gasteiger partial charge in [-0.05, 0) is 71.9 Å². The highest BCUT2D eigenvalue weighted by molar-refractivity contribution is 5.93. The standard InChI is InChI=1S/C30H30FNO4/c1-18-23(16-27(33)32-17-19-7-5-4-6-8-19)24-15-21(31)9-10-22(24)28(18)30(11-12-30)20-13-25(35-2)29(34)26(14-20)36-3/h4-10,13-15,28,34H,11-12,16-17H2,1-3H3,(H,32,33). The van der Waals surface area contributed by atoms with Crippen LogP contribution in [0, 0.1) is 5.82 Å². The van der Waals surface area contributed by atoms with Crippen molar-refractivity contribution in [2.75, 3.05) is 14.2 Å². The molecule has 0 spiro atoms. The number of aromatic hydroxyl groups is 1. The van der Waals surface area contributed by atoms with E-state index in [-0.39, 0.29) is 35.2 Å². The van der Waals surface area contributed by atoms with E-state index >= 15 is 0 Å². The van der Waals surface area contributed by atoms with Crippen molar-refractivity contribution < 1.29 is 23.8 Å². The third-order valence-corrected chi connectivity index (χ3v) is 7.63. The molecule has 3 aromatic rings. The minimum atomic E-state index is -0.317. The van der Waals surface area contributed by atoms with E-state index in [1.54, 1.807) is 6.07 Å². The lowest BCUT2D eigenvalue weighted by Crippen LogP contribution is -2.22. The molecule has 2 aliphatic carbocycles. The van der Waals surface area contributed by atoms with Crippen LogP contribution < -0.4 is 14.8 Å². The van der Waals surface area contributed by atoms with Crippen LogP contribution in [0.15, 0.2) is 66.2 Å². The number of allylic oxidation sites excluding steroid dienone is 1. The van der Waals surface area contributed by atoms with E-state index < -0.39 is 0 Å². The minimum absolute atomic E-state index is 0.0102. The number of carbonyl (C=O) groups excluding carboxylic acids is 1. The second kappa shape index (κ2) is 9.34. The highest BCUT2D eigenvalue weighted by atomic mass is 19.1. The van der Waals surface area contributed by atoms with Gasteiger partial charge in [-0.1, -0.05) is 42.0 Å². The molecule has 2 aliphatic rings. The van der Waals surface area contributed by atoms with Gasteiger partial charge in [-0.15, -0.1) is 0 Å². The number of hydrogen-bond acceptors (Lipinski definition) is 4. The molecule has 1 fully saturated rings. The van der Waals surface area contributed by atoms with Crippen LogP contribution in [0.25, 0.3) is 5.57 Å². The van der Waals surface area contributed by atoms with Gasteiger partial charge in [-0.25, -0.2) is 4.39 Å². The lowest BCUT2D eigenvalue weighted by molar-refractivity contribution is -0.120. The minimum Gasteiger partial charge on any atom is -0.502 e. The second-order valence-electron chi connectivity index (χ2n) is 9.65. The monoisotopic (exact) mass is 487 g/mol. The van der Waals surface area contributed by atoms with Crippen LogP contribution in [0.5, 0.6) is 17.2 Å². The molecule has 186 valence electrons. The lowest BCUT2D eigenvalue weighted by Gasteiger charge is -2.27. The Balaban J connectivity index is 1.50. The average molecular weight is 488 g/mol. The van der Waals surface area contributed by atoms with Crippen LogP contribution >= 0.6 is 0 Å². The maximum Gasteiger partial charge on any atom is 0.224 e. The lowest BCUT2D eigenvalue weighted by atomic mass is 9.76. The van der Waals surface area contributed by atoms with Crippen molar-refractivity contribution in [2.45, 2.75) is 44.1 Å². The number of hydrogen-bond donors (Lipinski definition) is 2. The van der Waals surface area contributed by atoms with Gasteiger partial charge < -0.3 is 19.9 Å². The Morgan fingerprint density at radius 3 is 2.33 bits per heavy atom. The first-order chi connectivity index (χ1) is 17.4. The number of benzene rings is 3. The molecule has 0 saturated heterocycles. The normalized spacial score (nSPS) is 17.5. The smallest absolute Gasteiger partial charge is 0.224 e. The Labute approximate surface area is 210 Å². The molecule has 0 radical (unpaired) electrons. The molecule has 3 aromatic carbocycles. The molecular weight excluding hydrogens is 457 g/mol. The number of carbonyl (C=O) groups is 1. The summed E-state index contributed by atoms with van der Waals surface area (Å²) >= 11 is 0. The zero-order valence-electron chi connectivity index (χ0n) is 20.7. The fraction of sp³-hybridized carbons (Fsp3) is 0.300. The summed E-state index contributed by atoms with van der Waals surface area (Å²) in [6.07, 6.45) is 2.04. The molecule has 6 heteroatoms. The number of nitrogens with one attached hydrogen (secondary N) is 1. The Morgan fingerprint density at radius 1 is 1.06 bits per heavy atom. The van der Waals surface area contributed by atoms with E-state index in [1.807, 2.05) is 48.5 Å². The van der Waals surface area contributed by atoms with Gasteiger partial charge in [-0.2, -0.15) is 0 Å². The summed E-state index contributed by atoms with van der Waals surface area (Å²) in [5, 5.41) is 13.4. The van der Waals surface area contributed by atoms with E-state index in [4.69, 9.17) is 9.47 Å². The Morgan fingerprint density at radius 2 is 1.72 bits per heavy atom. The summed E-state index contributed by atoms with van der Waals surface area (Å²) in [5.74, 6) is 0.259. The number of halogens is 1. The molecule has 1 atom stereocenters. The number of phenolic OH excluding ortho intramolecular Hbond substituents is 1. The average Bonchev–Trinajstić information content (AvgIpc) is 3.64. The summed E-state index contributed by atoms with van der Waals surface area (Å²) in [6.45, 7) is 2.50. The van der Waals surface area contributed by atoms with E-state index in [9.17, 15) is 14.3 Å². The van der Waals surface area contributed by atoms with Crippen molar-refractivity contribution in [1.82, 2.24) is 5.32 Å². The molecule has 1 unspecified atom stereocenters. The van der Waals surface area contributed by atoms with E-state index in [2.05, 4.69) is 12.2 Å². The molecule has 0 bridgehead atoms. The SMILES string of the molecule is COc1cc(C2(C3C(C)=C(CC(=O)NCc4ccccc4)c4cc(F)ccc43)CC2)cc(OC)c1O. The molecule has 0 aromatic heterocycles. The molecule has 0 heterocycles. The number of fused-ring (bicyclic) bond motifs is 1. The molecule has 2 N–H and O–H groups in total. The molecule has 0 aliphatic heterocycles. The quantitative estimate of drug-likeness (QED) is 0.418. The summed E-state index contributed by atoms with van der Waals surface area (Å²) in [5.41, 5.74) is 5.58. The molecule has 5 rings (SSSR count). The van der Waals surface area contributed by atoms with E-state index in [0.717, 1.165) is 46.2 Å². The van der Waals surface area contributed by atoms with Gasteiger partial charge in [-0.3, -0.25) is 4.79 Å². The summed E-state index contributed by atoms with van der Waals surface area (Å²) in [7, 11) is 3.03. The van der Waals surface area contributed by atoms with Crippen LogP contribution in [-0.4, -0.2) is 25.2 Å². The van der Waals surface area contributed by atoms with Gasteiger partial charge in [0.1, 0.15) is 5.82 Å². The van der Waals surface area contributed by atoms with E-state index in [1.165, 1.54) is 20.3 Å². The predicted molar refractivity (Wildman–Crippen MR) is 137 cm³/mol. The largest absolute Gasteiger partial charge is 0.502 e. The highest BCUT2D eigenvalue weighted by Crippen LogP contribution is 2.65. The van der Waals surface area contributed by atoms with Gasteiger partial charge in [0.15, 0.2) is 11.5 Å². The Hall–Kier alpha value is -3.80. The van der Waals surface area contributed by atoms with Crippen molar-refractivity contribution in [3.05, 3.63) is 94.3 Å². The number of methoxy groups -OCH3 is 2. The first-order valence-electron chi connectivity index (χ1n) is 12.1. The van der Waals surface area contributed by atoms with Crippen LogP contribution in [0.1, 0.15) is 54.4 Å². The topological polar surface area (TPSA) is 67.8 Å². The molecule has 1 amide bonds. The summed E-state index contributed by atoms with van der Waals surface area (Å²) in [6, 6.07) is 18.4. The van der Waals surface area contributed by atoms with Gasteiger partial charge in [0.05, 0.1) is 20.6 Å². The van der Waals surface area contributed by atoms with Crippen LogP contribution in [0.3, 0.4) is 0 Å². The Bertz CT molecular complexity index is 1320. The second-order valence-corrected chi connectivity index (χ2v) is 9.65. The molecule has 36 heavy (non-hydrogen) atoms. The zero-order chi connectivity index (χ0) is 25.4. The van der Waals surface area contributed by atoms with Gasteiger partial charge >= 0.3 is 0 Å². The van der Waals surface area contributed by atoms with Crippen LogP contribution in [0.2, 0.25) is 0 Å². The van der Waals surface area contributed by atoms with Crippen molar-refractivity contribution in [3.63, 3.8) is 0 Å². The number of phenols is 1. The maximum atomic E-state index is 14.4. The maximum absolute atomic E-state index is 14.4. The summed E-state index contributed by atoms with van der Waals surface area (Å²) in [4.78, 5) is 13.0. The first-order valence-corrected chi connectivity index (χ1v) is 12.1. The predicted octanol–water partition coefficient (Wildman–Crippen LogP) is 5.86. The van der Waals surface area contributed by atoms with Crippen molar-refractivity contribution >= 4 is 11.5 Å².